The second-order valence-electron chi connectivity index (χ2n) is 5.83. The van der Waals surface area contributed by atoms with Crippen molar-refractivity contribution in [3.8, 4) is 0 Å². The molecule has 2 aromatic carbocycles. The number of nitrogens with zero attached hydrogens (tertiary/aromatic N) is 1. The van der Waals surface area contributed by atoms with Crippen LogP contribution in [0.25, 0.3) is 0 Å². The molecule has 23 heavy (non-hydrogen) atoms. The predicted molar refractivity (Wildman–Crippen MR) is 96.5 cm³/mol. The number of hydrogen-bond acceptors (Lipinski definition) is 3. The number of amides is 1. The summed E-state index contributed by atoms with van der Waals surface area (Å²) < 4.78 is 0. The molecule has 2 aromatic rings. The molecule has 2 N–H and O–H groups in total. The maximum Gasteiger partial charge on any atom is 0.254 e. The quantitative estimate of drug-likeness (QED) is 0.939. The summed E-state index contributed by atoms with van der Waals surface area (Å²) in [7, 11) is 0. The van der Waals surface area contributed by atoms with E-state index in [0.717, 1.165) is 23.4 Å². The van der Waals surface area contributed by atoms with Crippen molar-refractivity contribution >= 4 is 17.7 Å². The molecule has 3 nitrogen and oxygen atoms in total. The van der Waals surface area contributed by atoms with Crippen LogP contribution >= 0.6 is 11.8 Å². The van der Waals surface area contributed by atoms with E-state index >= 15 is 0 Å². The van der Waals surface area contributed by atoms with Crippen molar-refractivity contribution in [2.75, 3.05) is 12.3 Å². The minimum absolute atomic E-state index is 0.106. The molecule has 0 bridgehead atoms. The van der Waals surface area contributed by atoms with Crippen molar-refractivity contribution in [1.82, 2.24) is 4.90 Å². The number of carbonyl (C=O) groups excluding carboxylic acids is 1. The highest BCUT2D eigenvalue weighted by atomic mass is 32.2. The van der Waals surface area contributed by atoms with Gasteiger partial charge in [0.15, 0.2) is 0 Å². The molecule has 4 heteroatoms. The first-order chi connectivity index (χ1) is 11.2. The zero-order valence-electron chi connectivity index (χ0n) is 13.3. The van der Waals surface area contributed by atoms with Gasteiger partial charge in [0.2, 0.25) is 0 Å². The van der Waals surface area contributed by atoms with E-state index in [4.69, 9.17) is 5.73 Å². The molecular weight excluding hydrogens is 304 g/mol. The molecule has 1 aliphatic rings. The number of thioether (sulfide) groups is 1. The molecule has 0 aromatic heterocycles. The molecule has 0 radical (unpaired) electrons. The van der Waals surface area contributed by atoms with Crippen molar-refractivity contribution in [2.45, 2.75) is 24.8 Å². The van der Waals surface area contributed by atoms with Gasteiger partial charge in [-0.15, -0.1) is 0 Å². The van der Waals surface area contributed by atoms with E-state index in [1.807, 2.05) is 59.1 Å². The topological polar surface area (TPSA) is 46.3 Å². The Morgan fingerprint density at radius 2 is 1.87 bits per heavy atom. The number of benzene rings is 2. The van der Waals surface area contributed by atoms with E-state index in [0.29, 0.717) is 11.8 Å². The summed E-state index contributed by atoms with van der Waals surface area (Å²) in [6.07, 6.45) is 0. The predicted octanol–water partition coefficient (Wildman–Crippen LogP) is 3.46. The van der Waals surface area contributed by atoms with Gasteiger partial charge in [-0.2, -0.15) is 11.8 Å². The number of hydrogen-bond donors (Lipinski definition) is 1. The van der Waals surface area contributed by atoms with E-state index in [-0.39, 0.29) is 11.9 Å². The van der Waals surface area contributed by atoms with Gasteiger partial charge in [0, 0.05) is 29.7 Å². The van der Waals surface area contributed by atoms with Gasteiger partial charge in [-0.05, 0) is 23.3 Å². The van der Waals surface area contributed by atoms with Gasteiger partial charge in [-0.1, -0.05) is 49.4 Å². The van der Waals surface area contributed by atoms with E-state index in [1.165, 1.54) is 5.56 Å². The molecule has 0 spiro atoms. The highest BCUT2D eigenvalue weighted by molar-refractivity contribution is 8.00. The fourth-order valence-corrected chi connectivity index (χ4v) is 4.26. The minimum Gasteiger partial charge on any atom is -0.330 e. The van der Waals surface area contributed by atoms with Crippen LogP contribution in [0.5, 0.6) is 0 Å². The molecule has 1 aliphatic heterocycles. The monoisotopic (exact) mass is 326 g/mol. The third-order valence-electron chi connectivity index (χ3n) is 4.33. The Balaban J connectivity index is 1.89. The molecule has 120 valence electrons. The molecule has 1 heterocycles. The summed E-state index contributed by atoms with van der Waals surface area (Å²) in [4.78, 5) is 15.0. The van der Waals surface area contributed by atoms with E-state index < -0.39 is 0 Å². The zero-order valence-corrected chi connectivity index (χ0v) is 14.1. The van der Waals surface area contributed by atoms with Crippen molar-refractivity contribution in [3.05, 3.63) is 71.3 Å². The molecule has 0 aliphatic carbocycles. The van der Waals surface area contributed by atoms with Gasteiger partial charge in [0.05, 0.1) is 6.04 Å². The molecule has 1 fully saturated rings. The van der Waals surface area contributed by atoms with Gasteiger partial charge in [-0.3, -0.25) is 4.79 Å². The van der Waals surface area contributed by atoms with Crippen molar-refractivity contribution < 1.29 is 4.79 Å². The van der Waals surface area contributed by atoms with Gasteiger partial charge < -0.3 is 10.6 Å². The maximum atomic E-state index is 13.0. The Hall–Kier alpha value is -1.78. The maximum absolute atomic E-state index is 13.0. The number of rotatable bonds is 3. The Kier molecular flexibility index (Phi) is 5.03. The second kappa shape index (κ2) is 7.20. The van der Waals surface area contributed by atoms with Crippen molar-refractivity contribution in [3.63, 3.8) is 0 Å². The van der Waals surface area contributed by atoms with Gasteiger partial charge >= 0.3 is 0 Å². The molecule has 0 unspecified atom stereocenters. The highest BCUT2D eigenvalue weighted by Crippen LogP contribution is 2.36. The fraction of sp³-hybridized carbons (Fsp3) is 0.316. The smallest absolute Gasteiger partial charge is 0.254 e. The largest absolute Gasteiger partial charge is 0.330 e. The lowest BCUT2D eigenvalue weighted by Gasteiger charge is -2.40. The lowest BCUT2D eigenvalue weighted by molar-refractivity contribution is 0.0681. The van der Waals surface area contributed by atoms with Crippen LogP contribution < -0.4 is 5.73 Å². The van der Waals surface area contributed by atoms with Gasteiger partial charge in [0.1, 0.15) is 0 Å². The molecule has 1 saturated heterocycles. The second-order valence-corrected chi connectivity index (χ2v) is 7.32. The molecule has 3 rings (SSSR count). The SMILES string of the molecule is C[C@@H]1SCCN(C(=O)c2ccc(CN)cc2)[C@H]1c1ccccc1. The standard InChI is InChI=1S/C19H22N2OS/c1-14-18(16-5-3-2-4-6-16)21(11-12-23-14)19(22)17-9-7-15(13-20)8-10-17/h2-10,14,18H,11-13,20H2,1H3/t14-,18+/m0/s1. The Labute approximate surface area is 141 Å². The Bertz CT molecular complexity index is 657. The fourth-order valence-electron chi connectivity index (χ4n) is 3.10. The summed E-state index contributed by atoms with van der Waals surface area (Å²) in [5, 5.41) is 0.387. The first kappa shape index (κ1) is 16.1. The van der Waals surface area contributed by atoms with Crippen LogP contribution in [0.2, 0.25) is 0 Å². The van der Waals surface area contributed by atoms with Crippen LogP contribution in [0.4, 0.5) is 0 Å². The third-order valence-corrected chi connectivity index (χ3v) is 5.53. The normalized spacial score (nSPS) is 21.2. The lowest BCUT2D eigenvalue weighted by Crippen LogP contribution is -2.43. The number of nitrogens with two attached hydrogens (primary N) is 1. The highest BCUT2D eigenvalue weighted by Gasteiger charge is 2.33. The summed E-state index contributed by atoms with van der Waals surface area (Å²) in [6, 6.07) is 18.1. The first-order valence-electron chi connectivity index (χ1n) is 7.97. The first-order valence-corrected chi connectivity index (χ1v) is 9.02. The average molecular weight is 326 g/mol. The summed E-state index contributed by atoms with van der Waals surface area (Å²) >= 11 is 1.93. The summed E-state index contributed by atoms with van der Waals surface area (Å²) in [6.45, 7) is 3.49. The lowest BCUT2D eigenvalue weighted by atomic mass is 10.0. The van der Waals surface area contributed by atoms with E-state index in [2.05, 4.69) is 19.1 Å². The van der Waals surface area contributed by atoms with Gasteiger partial charge in [-0.25, -0.2) is 0 Å². The van der Waals surface area contributed by atoms with Crippen molar-refractivity contribution in [2.24, 2.45) is 5.73 Å². The molecule has 0 saturated carbocycles. The molecule has 2 atom stereocenters. The average Bonchev–Trinajstić information content (AvgIpc) is 2.61. The van der Waals surface area contributed by atoms with Gasteiger partial charge in [0.25, 0.3) is 5.91 Å². The van der Waals surface area contributed by atoms with Crippen LogP contribution in [-0.2, 0) is 6.54 Å². The Morgan fingerprint density at radius 3 is 2.52 bits per heavy atom. The van der Waals surface area contributed by atoms with Crippen LogP contribution in [0.1, 0.15) is 34.5 Å². The molecule has 1 amide bonds. The Morgan fingerprint density at radius 1 is 1.17 bits per heavy atom. The summed E-state index contributed by atoms with van der Waals surface area (Å²) in [5.41, 5.74) is 8.63. The third kappa shape index (κ3) is 3.43. The van der Waals surface area contributed by atoms with E-state index in [1.54, 1.807) is 0 Å². The zero-order chi connectivity index (χ0) is 16.2. The van der Waals surface area contributed by atoms with Crippen LogP contribution in [0, 0.1) is 0 Å². The van der Waals surface area contributed by atoms with E-state index in [9.17, 15) is 4.79 Å². The van der Waals surface area contributed by atoms with Crippen LogP contribution in [0.3, 0.4) is 0 Å². The van der Waals surface area contributed by atoms with Crippen LogP contribution in [-0.4, -0.2) is 28.4 Å². The van der Waals surface area contributed by atoms with Crippen molar-refractivity contribution in [1.29, 1.82) is 0 Å². The number of carbonyl (C=O) groups is 1. The van der Waals surface area contributed by atoms with Crippen LogP contribution in [0.15, 0.2) is 54.6 Å². The minimum atomic E-state index is 0.106. The molecular formula is C19H22N2OS. The summed E-state index contributed by atoms with van der Waals surface area (Å²) in [5.74, 6) is 1.09.